The molecule has 4 N–H and O–H groups in total. The van der Waals surface area contributed by atoms with Crippen LogP contribution in [0, 0.1) is 5.92 Å². The molecule has 0 aromatic rings. The number of nitrogens with two attached hydrogens (primary N) is 1. The Kier molecular flexibility index (Phi) is 4.34. The number of ether oxygens (including phenoxy) is 1. The average molecular weight is 243 g/mol. The van der Waals surface area contributed by atoms with Crippen LogP contribution in [0.15, 0.2) is 5.16 Å². The number of carbonyl (C=O) groups is 1. The summed E-state index contributed by atoms with van der Waals surface area (Å²) in [6, 6.07) is -0.478. The Morgan fingerprint density at radius 3 is 2.65 bits per heavy atom. The van der Waals surface area contributed by atoms with E-state index in [-0.39, 0.29) is 17.7 Å². The summed E-state index contributed by atoms with van der Waals surface area (Å²) in [5.74, 6) is -0.157. The number of nitrogens with one attached hydrogen (secondary N) is 1. The third kappa shape index (κ3) is 3.09. The van der Waals surface area contributed by atoms with Gasteiger partial charge in [-0.2, -0.15) is 0 Å². The van der Waals surface area contributed by atoms with Crippen molar-refractivity contribution in [2.24, 2.45) is 16.8 Å². The third-order valence-corrected chi connectivity index (χ3v) is 3.09. The smallest absolute Gasteiger partial charge is 0.252 e. The van der Waals surface area contributed by atoms with Crippen LogP contribution in [0.3, 0.4) is 0 Å². The number of hydrogen-bond acceptors (Lipinski definition) is 4. The van der Waals surface area contributed by atoms with Crippen molar-refractivity contribution in [1.82, 2.24) is 5.32 Å². The zero-order chi connectivity index (χ0) is 13.1. The molecule has 0 radical (unpaired) electrons. The molecule has 2 atom stereocenters. The van der Waals surface area contributed by atoms with Gasteiger partial charge in [0.25, 0.3) is 5.91 Å². The average Bonchev–Trinajstić information content (AvgIpc) is 2.72. The first-order chi connectivity index (χ1) is 7.90. The van der Waals surface area contributed by atoms with Crippen LogP contribution in [0.2, 0.25) is 0 Å². The lowest BCUT2D eigenvalue weighted by molar-refractivity contribution is -0.140. The largest absolute Gasteiger partial charge is 0.409 e. The number of amidine groups is 1. The van der Waals surface area contributed by atoms with E-state index in [0.717, 1.165) is 6.42 Å². The van der Waals surface area contributed by atoms with E-state index in [9.17, 15) is 4.79 Å². The number of oxime groups is 1. The summed E-state index contributed by atoms with van der Waals surface area (Å²) in [7, 11) is 0. The van der Waals surface area contributed by atoms with Crippen molar-refractivity contribution in [3.05, 3.63) is 0 Å². The molecule has 1 rings (SSSR count). The van der Waals surface area contributed by atoms with Gasteiger partial charge in [-0.05, 0) is 25.7 Å². The Morgan fingerprint density at radius 1 is 1.59 bits per heavy atom. The van der Waals surface area contributed by atoms with E-state index in [1.165, 1.54) is 0 Å². The summed E-state index contributed by atoms with van der Waals surface area (Å²) < 4.78 is 5.44. The van der Waals surface area contributed by atoms with E-state index in [4.69, 9.17) is 15.7 Å². The molecule has 0 saturated carbocycles. The summed E-state index contributed by atoms with van der Waals surface area (Å²) in [6.07, 6.45) is 1.57. The molecule has 0 bridgehead atoms. The SMILES string of the molecule is CC(C)C(NC(=O)C1(C)CCCO1)C(N)=NO. The minimum Gasteiger partial charge on any atom is -0.409 e. The summed E-state index contributed by atoms with van der Waals surface area (Å²) in [5.41, 5.74) is 4.76. The molecular formula is C11H21N3O3. The Bertz CT molecular complexity index is 309. The molecule has 1 aliphatic heterocycles. The van der Waals surface area contributed by atoms with Crippen molar-refractivity contribution in [2.75, 3.05) is 6.61 Å². The van der Waals surface area contributed by atoms with Gasteiger partial charge in [-0.25, -0.2) is 0 Å². The van der Waals surface area contributed by atoms with Gasteiger partial charge >= 0.3 is 0 Å². The molecule has 1 fully saturated rings. The standard InChI is InChI=1S/C11H21N3O3/c1-7(2)8(9(12)14-16)13-10(15)11(3)5-4-6-17-11/h7-8,16H,4-6H2,1-3H3,(H2,12,14)(H,13,15). The van der Waals surface area contributed by atoms with E-state index >= 15 is 0 Å². The van der Waals surface area contributed by atoms with Gasteiger partial charge in [-0.3, -0.25) is 4.79 Å². The first kappa shape index (κ1) is 13.8. The minimum absolute atomic E-state index is 0.00921. The van der Waals surface area contributed by atoms with Gasteiger partial charge in [0.15, 0.2) is 5.84 Å². The molecule has 98 valence electrons. The second kappa shape index (κ2) is 5.35. The van der Waals surface area contributed by atoms with Gasteiger partial charge in [0, 0.05) is 6.61 Å². The number of nitrogens with zero attached hydrogens (tertiary/aromatic N) is 1. The highest BCUT2D eigenvalue weighted by Gasteiger charge is 2.39. The van der Waals surface area contributed by atoms with Crippen LogP contribution in [0.5, 0.6) is 0 Å². The molecule has 1 aliphatic rings. The summed E-state index contributed by atoms with van der Waals surface area (Å²) in [5, 5.41) is 14.4. The quantitative estimate of drug-likeness (QED) is 0.289. The second-order valence-electron chi connectivity index (χ2n) is 4.90. The highest BCUT2D eigenvalue weighted by atomic mass is 16.5. The van der Waals surface area contributed by atoms with E-state index in [0.29, 0.717) is 13.0 Å². The van der Waals surface area contributed by atoms with E-state index in [2.05, 4.69) is 10.5 Å². The minimum atomic E-state index is -0.789. The van der Waals surface area contributed by atoms with Crippen molar-refractivity contribution in [3.8, 4) is 0 Å². The summed E-state index contributed by atoms with van der Waals surface area (Å²) in [4.78, 5) is 12.1. The topological polar surface area (TPSA) is 96.9 Å². The predicted octanol–water partition coefficient (Wildman–Crippen LogP) is 0.443. The fraction of sp³-hybridized carbons (Fsp3) is 0.818. The molecule has 6 heteroatoms. The highest BCUT2D eigenvalue weighted by molar-refractivity contribution is 5.93. The molecule has 2 unspecified atom stereocenters. The number of amides is 1. The predicted molar refractivity (Wildman–Crippen MR) is 63.8 cm³/mol. The molecule has 6 nitrogen and oxygen atoms in total. The highest BCUT2D eigenvalue weighted by Crippen LogP contribution is 2.25. The fourth-order valence-corrected chi connectivity index (χ4v) is 1.90. The van der Waals surface area contributed by atoms with Gasteiger partial charge in [0.05, 0.1) is 6.04 Å². The number of rotatable bonds is 4. The Morgan fingerprint density at radius 2 is 2.24 bits per heavy atom. The lowest BCUT2D eigenvalue weighted by atomic mass is 9.98. The van der Waals surface area contributed by atoms with Crippen molar-refractivity contribution in [3.63, 3.8) is 0 Å². The lowest BCUT2D eigenvalue weighted by Gasteiger charge is -2.27. The molecule has 0 aliphatic carbocycles. The second-order valence-corrected chi connectivity index (χ2v) is 4.90. The summed E-state index contributed by atoms with van der Waals surface area (Å²) in [6.45, 7) is 6.14. The molecule has 0 aromatic heterocycles. The van der Waals surface area contributed by atoms with Crippen molar-refractivity contribution >= 4 is 11.7 Å². The van der Waals surface area contributed by atoms with Gasteiger partial charge in [-0.15, -0.1) is 0 Å². The van der Waals surface area contributed by atoms with E-state index in [1.54, 1.807) is 6.92 Å². The van der Waals surface area contributed by atoms with Gasteiger partial charge in [0.1, 0.15) is 5.60 Å². The van der Waals surface area contributed by atoms with Crippen LogP contribution in [0.25, 0.3) is 0 Å². The Hall–Kier alpha value is -1.30. The van der Waals surface area contributed by atoms with Gasteiger partial charge < -0.3 is 21.0 Å². The number of hydrogen-bond donors (Lipinski definition) is 3. The third-order valence-electron chi connectivity index (χ3n) is 3.09. The normalized spacial score (nSPS) is 27.2. The molecule has 1 amide bonds. The zero-order valence-electron chi connectivity index (χ0n) is 10.6. The molecule has 0 aromatic carbocycles. The fourth-order valence-electron chi connectivity index (χ4n) is 1.90. The van der Waals surface area contributed by atoms with Crippen molar-refractivity contribution < 1.29 is 14.7 Å². The van der Waals surface area contributed by atoms with Crippen LogP contribution in [-0.4, -0.2) is 35.2 Å². The number of carbonyl (C=O) groups excluding carboxylic acids is 1. The van der Waals surface area contributed by atoms with Crippen LogP contribution < -0.4 is 11.1 Å². The Labute approximate surface area is 101 Å². The lowest BCUT2D eigenvalue weighted by Crippen LogP contribution is -2.54. The van der Waals surface area contributed by atoms with Crippen LogP contribution in [0.4, 0.5) is 0 Å². The Balaban J connectivity index is 2.71. The van der Waals surface area contributed by atoms with E-state index in [1.807, 2.05) is 13.8 Å². The van der Waals surface area contributed by atoms with E-state index < -0.39 is 11.6 Å². The van der Waals surface area contributed by atoms with Crippen molar-refractivity contribution in [2.45, 2.75) is 45.3 Å². The first-order valence-electron chi connectivity index (χ1n) is 5.83. The van der Waals surface area contributed by atoms with Crippen LogP contribution in [-0.2, 0) is 9.53 Å². The monoisotopic (exact) mass is 243 g/mol. The molecule has 17 heavy (non-hydrogen) atoms. The first-order valence-corrected chi connectivity index (χ1v) is 5.83. The van der Waals surface area contributed by atoms with Gasteiger partial charge in [-0.1, -0.05) is 19.0 Å². The molecular weight excluding hydrogens is 222 g/mol. The van der Waals surface area contributed by atoms with Gasteiger partial charge in [0.2, 0.25) is 0 Å². The van der Waals surface area contributed by atoms with Crippen molar-refractivity contribution in [1.29, 1.82) is 0 Å². The van der Waals surface area contributed by atoms with Crippen LogP contribution >= 0.6 is 0 Å². The zero-order valence-corrected chi connectivity index (χ0v) is 10.6. The van der Waals surface area contributed by atoms with Crippen LogP contribution in [0.1, 0.15) is 33.6 Å². The molecule has 0 spiro atoms. The maximum Gasteiger partial charge on any atom is 0.252 e. The summed E-state index contributed by atoms with van der Waals surface area (Å²) >= 11 is 0. The maximum atomic E-state index is 12.1. The molecule has 1 heterocycles. The molecule has 1 saturated heterocycles. The maximum absolute atomic E-state index is 12.1.